The number of hydrogen-bond donors (Lipinski definition) is 1. The van der Waals surface area contributed by atoms with Crippen LogP contribution in [0.15, 0.2) is 54.6 Å². The first kappa shape index (κ1) is 24.7. The van der Waals surface area contributed by atoms with Gasteiger partial charge in [-0.25, -0.2) is 19.2 Å². The monoisotopic (exact) mass is 481 g/mol. The van der Waals surface area contributed by atoms with E-state index < -0.39 is 12.2 Å². The summed E-state index contributed by atoms with van der Waals surface area (Å²) < 4.78 is 13.2. The highest BCUT2D eigenvalue weighted by Crippen LogP contribution is 2.28. The van der Waals surface area contributed by atoms with Crippen LogP contribution < -0.4 is 5.32 Å². The zero-order valence-electron chi connectivity index (χ0n) is 20.2. The van der Waals surface area contributed by atoms with Crippen LogP contribution in [0.2, 0.25) is 0 Å². The van der Waals surface area contributed by atoms with E-state index >= 15 is 0 Å². The Balaban J connectivity index is 1.54. The number of carbonyl (C=O) groups excluding carboxylic acids is 3. The number of halogens is 1. The van der Waals surface area contributed by atoms with E-state index in [1.807, 2.05) is 37.3 Å². The first-order chi connectivity index (χ1) is 16.9. The molecule has 0 spiro atoms. The van der Waals surface area contributed by atoms with Crippen LogP contribution in [0, 0.1) is 5.82 Å². The van der Waals surface area contributed by atoms with E-state index in [9.17, 15) is 18.8 Å². The van der Waals surface area contributed by atoms with Gasteiger partial charge in [0.15, 0.2) is 0 Å². The van der Waals surface area contributed by atoms with Gasteiger partial charge in [-0.05, 0) is 36.1 Å². The predicted molar refractivity (Wildman–Crippen MR) is 129 cm³/mol. The van der Waals surface area contributed by atoms with E-state index in [1.165, 1.54) is 17.1 Å². The van der Waals surface area contributed by atoms with Crippen molar-refractivity contribution in [1.29, 1.82) is 0 Å². The number of hydrazine groups is 1. The Morgan fingerprint density at radius 1 is 1.06 bits per heavy atom. The Morgan fingerprint density at radius 3 is 2.46 bits per heavy atom. The predicted octanol–water partition coefficient (Wildman–Crippen LogP) is 2.61. The van der Waals surface area contributed by atoms with Gasteiger partial charge in [0.25, 0.3) is 0 Å². The van der Waals surface area contributed by atoms with Gasteiger partial charge in [0, 0.05) is 20.1 Å². The molecule has 2 atom stereocenters. The molecule has 4 rings (SSSR count). The largest absolute Gasteiger partial charge is 0.337 e. The Kier molecular flexibility index (Phi) is 7.65. The summed E-state index contributed by atoms with van der Waals surface area (Å²) in [4.78, 5) is 43.1. The van der Waals surface area contributed by atoms with Crippen LogP contribution in [0.25, 0.3) is 0 Å². The standard InChI is InChI=1S/C26H32FN5O3/c1-3-7-22-25(34)30(15-14-19-8-5-4-6-9-19)17-23-31(22)24(33)18-29(2)32(23)26(35)28-16-20-10-12-21(27)13-11-20/h4-6,8-13,22-23H,3,7,14-18H2,1-2H3,(H,28,35)/t22-,23-/m0/s1. The molecule has 2 aliphatic heterocycles. The number of likely N-dealkylation sites (N-methyl/N-ethyl adjacent to an activating group) is 1. The van der Waals surface area contributed by atoms with Gasteiger partial charge in [-0.1, -0.05) is 55.8 Å². The molecule has 0 saturated carbocycles. The number of carbonyl (C=O) groups is 3. The molecule has 186 valence electrons. The minimum atomic E-state index is -0.598. The maximum Gasteiger partial charge on any atom is 0.334 e. The van der Waals surface area contributed by atoms with Crippen molar-refractivity contribution in [2.75, 3.05) is 26.7 Å². The first-order valence-corrected chi connectivity index (χ1v) is 12.1. The number of amides is 4. The third-order valence-corrected chi connectivity index (χ3v) is 6.58. The van der Waals surface area contributed by atoms with Crippen molar-refractivity contribution >= 4 is 17.8 Å². The molecule has 0 aliphatic carbocycles. The lowest BCUT2D eigenvalue weighted by Crippen LogP contribution is -2.76. The number of urea groups is 1. The second-order valence-electron chi connectivity index (χ2n) is 9.05. The molecule has 0 bridgehead atoms. The molecule has 0 aromatic heterocycles. The van der Waals surface area contributed by atoms with Crippen molar-refractivity contribution in [3.8, 4) is 0 Å². The summed E-state index contributed by atoms with van der Waals surface area (Å²) in [6.07, 6.45) is 1.38. The van der Waals surface area contributed by atoms with E-state index in [4.69, 9.17) is 0 Å². The van der Waals surface area contributed by atoms with Crippen LogP contribution in [0.1, 0.15) is 30.9 Å². The molecule has 9 heteroatoms. The molecule has 0 radical (unpaired) electrons. The zero-order valence-corrected chi connectivity index (χ0v) is 20.2. The second kappa shape index (κ2) is 10.9. The van der Waals surface area contributed by atoms with Crippen LogP contribution in [-0.2, 0) is 22.6 Å². The van der Waals surface area contributed by atoms with Crippen LogP contribution in [0.4, 0.5) is 9.18 Å². The molecule has 2 heterocycles. The summed E-state index contributed by atoms with van der Waals surface area (Å²) in [5.41, 5.74) is 1.89. The molecular weight excluding hydrogens is 449 g/mol. The van der Waals surface area contributed by atoms with Gasteiger partial charge in [-0.3, -0.25) is 9.59 Å². The summed E-state index contributed by atoms with van der Waals surface area (Å²) in [5, 5.41) is 6.02. The Morgan fingerprint density at radius 2 is 1.77 bits per heavy atom. The van der Waals surface area contributed by atoms with Crippen LogP contribution in [0.5, 0.6) is 0 Å². The van der Waals surface area contributed by atoms with Gasteiger partial charge in [-0.15, -0.1) is 0 Å². The molecule has 2 saturated heterocycles. The van der Waals surface area contributed by atoms with Crippen molar-refractivity contribution in [2.45, 2.75) is 44.9 Å². The molecule has 2 aromatic carbocycles. The highest BCUT2D eigenvalue weighted by atomic mass is 19.1. The van der Waals surface area contributed by atoms with E-state index in [0.29, 0.717) is 19.4 Å². The molecule has 2 fully saturated rings. The average molecular weight is 482 g/mol. The van der Waals surface area contributed by atoms with Crippen molar-refractivity contribution in [3.05, 3.63) is 71.5 Å². The number of fused-ring (bicyclic) bond motifs is 1. The van der Waals surface area contributed by atoms with Gasteiger partial charge in [0.05, 0.1) is 13.1 Å². The van der Waals surface area contributed by atoms with Crippen molar-refractivity contribution < 1.29 is 18.8 Å². The Bertz CT molecular complexity index is 1050. The summed E-state index contributed by atoms with van der Waals surface area (Å²) in [6.45, 7) is 2.97. The Hall–Kier alpha value is -3.46. The van der Waals surface area contributed by atoms with E-state index in [1.54, 1.807) is 34.0 Å². The third-order valence-electron chi connectivity index (χ3n) is 6.58. The van der Waals surface area contributed by atoms with E-state index in [0.717, 1.165) is 17.5 Å². The lowest BCUT2D eigenvalue weighted by molar-refractivity contribution is -0.187. The van der Waals surface area contributed by atoms with E-state index in [-0.39, 0.29) is 43.3 Å². The fourth-order valence-electron chi connectivity index (χ4n) is 4.83. The lowest BCUT2D eigenvalue weighted by Gasteiger charge is -2.54. The minimum Gasteiger partial charge on any atom is -0.337 e. The molecule has 2 aromatic rings. The molecule has 2 aliphatic rings. The number of nitrogens with zero attached hydrogens (tertiary/aromatic N) is 4. The summed E-state index contributed by atoms with van der Waals surface area (Å²) >= 11 is 0. The Labute approximate surface area is 205 Å². The summed E-state index contributed by atoms with van der Waals surface area (Å²) in [7, 11) is 1.70. The van der Waals surface area contributed by atoms with Crippen LogP contribution >= 0.6 is 0 Å². The average Bonchev–Trinajstić information content (AvgIpc) is 2.85. The number of nitrogens with one attached hydrogen (secondary N) is 1. The van der Waals surface area contributed by atoms with Crippen LogP contribution in [-0.4, -0.2) is 76.6 Å². The molecule has 0 unspecified atom stereocenters. The first-order valence-electron chi connectivity index (χ1n) is 12.1. The van der Waals surface area contributed by atoms with Crippen molar-refractivity contribution in [1.82, 2.24) is 25.1 Å². The highest BCUT2D eigenvalue weighted by Gasteiger charge is 2.50. The molecule has 35 heavy (non-hydrogen) atoms. The molecule has 4 amide bonds. The van der Waals surface area contributed by atoms with Gasteiger partial charge in [-0.2, -0.15) is 0 Å². The fraction of sp³-hybridized carbons (Fsp3) is 0.423. The summed E-state index contributed by atoms with van der Waals surface area (Å²) in [5.74, 6) is -0.562. The normalized spacial score (nSPS) is 20.7. The minimum absolute atomic E-state index is 0.0119. The molecular formula is C26H32FN5O3. The third kappa shape index (κ3) is 5.45. The van der Waals surface area contributed by atoms with Gasteiger partial charge < -0.3 is 15.1 Å². The fourth-order valence-corrected chi connectivity index (χ4v) is 4.83. The second-order valence-corrected chi connectivity index (χ2v) is 9.05. The van der Waals surface area contributed by atoms with Crippen molar-refractivity contribution in [3.63, 3.8) is 0 Å². The zero-order chi connectivity index (χ0) is 24.9. The number of benzene rings is 2. The molecule has 8 nitrogen and oxygen atoms in total. The molecule has 1 N–H and O–H groups in total. The lowest BCUT2D eigenvalue weighted by atomic mass is 10.0. The highest BCUT2D eigenvalue weighted by molar-refractivity contribution is 5.91. The van der Waals surface area contributed by atoms with Gasteiger partial charge in [0.2, 0.25) is 11.8 Å². The smallest absolute Gasteiger partial charge is 0.334 e. The quantitative estimate of drug-likeness (QED) is 0.660. The maximum atomic E-state index is 13.4. The SMILES string of the molecule is CCC[C@H]1C(=O)N(CCc2ccccc2)C[C@H]2N1C(=O)CN(C)N2C(=O)NCc1ccc(F)cc1. The number of rotatable bonds is 7. The van der Waals surface area contributed by atoms with Crippen molar-refractivity contribution in [2.24, 2.45) is 0 Å². The van der Waals surface area contributed by atoms with Crippen LogP contribution in [0.3, 0.4) is 0 Å². The topological polar surface area (TPSA) is 76.2 Å². The van der Waals surface area contributed by atoms with E-state index in [2.05, 4.69) is 5.32 Å². The number of piperazine rings is 1. The number of hydrogen-bond acceptors (Lipinski definition) is 4. The van der Waals surface area contributed by atoms with Gasteiger partial charge in [0.1, 0.15) is 18.0 Å². The van der Waals surface area contributed by atoms with Gasteiger partial charge >= 0.3 is 6.03 Å². The summed E-state index contributed by atoms with van der Waals surface area (Å²) in [6, 6.07) is 14.9. The maximum absolute atomic E-state index is 13.4.